The lowest BCUT2D eigenvalue weighted by atomic mass is 10.1. The number of amides is 1. The topological polar surface area (TPSA) is 74.2 Å². The first kappa shape index (κ1) is 18.9. The van der Waals surface area contributed by atoms with Gasteiger partial charge in [-0.05, 0) is 43.7 Å². The van der Waals surface area contributed by atoms with Gasteiger partial charge in [0, 0.05) is 50.5 Å². The zero-order chi connectivity index (χ0) is 20.2. The number of hydrogen-bond donors (Lipinski definition) is 1. The van der Waals surface area contributed by atoms with E-state index in [-0.39, 0.29) is 5.91 Å². The van der Waals surface area contributed by atoms with Crippen LogP contribution in [0.5, 0.6) is 0 Å². The highest BCUT2D eigenvalue weighted by molar-refractivity contribution is 6.04. The monoisotopic (exact) mass is 388 g/mol. The molecule has 7 nitrogen and oxygen atoms in total. The molecule has 1 N–H and O–H groups in total. The Hall–Kier alpha value is -3.48. The molecule has 0 bridgehead atoms. The van der Waals surface area contributed by atoms with E-state index in [1.165, 1.54) is 5.56 Å². The molecule has 1 saturated heterocycles. The Morgan fingerprint density at radius 2 is 1.66 bits per heavy atom. The van der Waals surface area contributed by atoms with Gasteiger partial charge >= 0.3 is 0 Å². The number of rotatable bonds is 4. The average Bonchev–Trinajstić information content (AvgIpc) is 2.76. The first-order valence-electron chi connectivity index (χ1n) is 9.72. The van der Waals surface area contributed by atoms with E-state index >= 15 is 0 Å². The molecule has 3 aromatic rings. The quantitative estimate of drug-likeness (QED) is 0.740. The molecule has 0 saturated carbocycles. The summed E-state index contributed by atoms with van der Waals surface area (Å²) in [6.45, 7) is 7.36. The van der Waals surface area contributed by atoms with Gasteiger partial charge in [0.25, 0.3) is 5.91 Å². The molecule has 0 radical (unpaired) electrons. The normalized spacial score (nSPS) is 14.0. The fourth-order valence-corrected chi connectivity index (χ4v) is 3.45. The second-order valence-electron chi connectivity index (χ2n) is 7.20. The predicted molar refractivity (Wildman–Crippen MR) is 115 cm³/mol. The smallest absolute Gasteiger partial charge is 0.257 e. The number of pyridine rings is 1. The van der Waals surface area contributed by atoms with Gasteiger partial charge in [-0.1, -0.05) is 17.7 Å². The Morgan fingerprint density at radius 1 is 0.931 bits per heavy atom. The third kappa shape index (κ3) is 4.34. The van der Waals surface area contributed by atoms with E-state index in [9.17, 15) is 4.79 Å². The zero-order valence-electron chi connectivity index (χ0n) is 16.7. The van der Waals surface area contributed by atoms with Crippen molar-refractivity contribution in [2.24, 2.45) is 0 Å². The van der Waals surface area contributed by atoms with Crippen LogP contribution >= 0.6 is 0 Å². The van der Waals surface area contributed by atoms with E-state index in [1.807, 2.05) is 44.2 Å². The Morgan fingerprint density at radius 3 is 2.31 bits per heavy atom. The van der Waals surface area contributed by atoms with Crippen molar-refractivity contribution >= 4 is 23.4 Å². The van der Waals surface area contributed by atoms with Crippen LogP contribution in [0.4, 0.5) is 17.5 Å². The maximum atomic E-state index is 12.6. The fraction of sp³-hybridized carbons (Fsp3) is 0.273. The third-order valence-electron chi connectivity index (χ3n) is 5.08. The average molecular weight is 388 g/mol. The highest BCUT2D eigenvalue weighted by atomic mass is 16.1. The van der Waals surface area contributed by atoms with Crippen molar-refractivity contribution in [2.45, 2.75) is 13.8 Å². The van der Waals surface area contributed by atoms with E-state index in [4.69, 9.17) is 0 Å². The van der Waals surface area contributed by atoms with Crippen molar-refractivity contribution in [3.05, 3.63) is 71.7 Å². The number of hydrogen-bond acceptors (Lipinski definition) is 6. The number of nitrogens with zero attached hydrogens (tertiary/aromatic N) is 5. The van der Waals surface area contributed by atoms with Gasteiger partial charge in [-0.3, -0.25) is 4.79 Å². The largest absolute Gasteiger partial charge is 0.353 e. The van der Waals surface area contributed by atoms with Crippen LogP contribution in [-0.4, -0.2) is 47.0 Å². The third-order valence-corrected chi connectivity index (χ3v) is 5.08. The maximum Gasteiger partial charge on any atom is 0.257 e. The molecule has 1 fully saturated rings. The molecule has 0 atom stereocenters. The van der Waals surface area contributed by atoms with E-state index in [1.54, 1.807) is 18.6 Å². The van der Waals surface area contributed by atoms with Crippen molar-refractivity contribution in [3.63, 3.8) is 0 Å². The van der Waals surface area contributed by atoms with Crippen molar-refractivity contribution in [1.29, 1.82) is 0 Å². The number of aromatic nitrogens is 3. The fourth-order valence-electron chi connectivity index (χ4n) is 3.45. The molecule has 0 spiro atoms. The highest BCUT2D eigenvalue weighted by Gasteiger charge is 2.20. The molecule has 1 aliphatic heterocycles. The lowest BCUT2D eigenvalue weighted by Gasteiger charge is -2.35. The van der Waals surface area contributed by atoms with E-state index in [2.05, 4.69) is 36.1 Å². The van der Waals surface area contributed by atoms with Crippen LogP contribution in [0.3, 0.4) is 0 Å². The maximum absolute atomic E-state index is 12.6. The summed E-state index contributed by atoms with van der Waals surface area (Å²) in [5, 5.41) is 2.96. The molecular weight excluding hydrogens is 364 g/mol. The van der Waals surface area contributed by atoms with E-state index < -0.39 is 0 Å². The summed E-state index contributed by atoms with van der Waals surface area (Å²) in [6, 6.07) is 11.5. The second-order valence-corrected chi connectivity index (χ2v) is 7.20. The van der Waals surface area contributed by atoms with Gasteiger partial charge in [-0.25, -0.2) is 15.0 Å². The molecule has 2 aromatic heterocycles. The van der Waals surface area contributed by atoms with Gasteiger partial charge in [0.2, 0.25) is 5.95 Å². The number of anilines is 3. The first-order valence-corrected chi connectivity index (χ1v) is 9.72. The second kappa shape index (κ2) is 8.26. The van der Waals surface area contributed by atoms with Crippen LogP contribution in [-0.2, 0) is 0 Å². The molecule has 0 unspecified atom stereocenters. The molecule has 148 valence electrons. The summed E-state index contributed by atoms with van der Waals surface area (Å²) < 4.78 is 0. The molecule has 1 aliphatic rings. The Bertz CT molecular complexity index is 982. The number of nitrogens with one attached hydrogen (secondary N) is 1. The molecule has 0 aliphatic carbocycles. The minimum Gasteiger partial charge on any atom is -0.353 e. The SMILES string of the molecule is Cc1ccc(NC(=O)c2ccc(N3CCN(c4ncccn4)CC3)nc2)c(C)c1. The first-order chi connectivity index (χ1) is 14.1. The minimum atomic E-state index is -0.151. The van der Waals surface area contributed by atoms with Crippen LogP contribution in [0, 0.1) is 13.8 Å². The van der Waals surface area contributed by atoms with Crippen LogP contribution < -0.4 is 15.1 Å². The number of benzene rings is 1. The number of piperazine rings is 1. The van der Waals surface area contributed by atoms with Gasteiger partial charge in [-0.2, -0.15) is 0 Å². The number of carbonyl (C=O) groups excluding carboxylic acids is 1. The van der Waals surface area contributed by atoms with Crippen LogP contribution in [0.25, 0.3) is 0 Å². The summed E-state index contributed by atoms with van der Waals surface area (Å²) in [4.78, 5) is 30.1. The van der Waals surface area contributed by atoms with E-state index in [0.717, 1.165) is 49.2 Å². The van der Waals surface area contributed by atoms with Crippen molar-refractivity contribution in [2.75, 3.05) is 41.3 Å². The van der Waals surface area contributed by atoms with Gasteiger partial charge in [0.05, 0.1) is 5.56 Å². The van der Waals surface area contributed by atoms with Gasteiger partial charge in [-0.15, -0.1) is 0 Å². The van der Waals surface area contributed by atoms with E-state index in [0.29, 0.717) is 5.56 Å². The highest BCUT2D eigenvalue weighted by Crippen LogP contribution is 2.19. The molecule has 4 rings (SSSR count). The number of aryl methyl sites for hydroxylation is 2. The zero-order valence-corrected chi connectivity index (χ0v) is 16.7. The van der Waals surface area contributed by atoms with Crippen molar-refractivity contribution < 1.29 is 4.79 Å². The molecule has 3 heterocycles. The minimum absolute atomic E-state index is 0.151. The standard InChI is InChI=1S/C22H24N6O/c1-16-4-6-19(17(2)14-16)26-21(29)18-5-7-20(25-15-18)27-10-12-28(13-11-27)22-23-8-3-9-24-22/h3-9,14-15H,10-13H2,1-2H3,(H,26,29). The Kier molecular flexibility index (Phi) is 5.37. The number of carbonyl (C=O) groups is 1. The van der Waals surface area contributed by atoms with Gasteiger partial charge in [0.15, 0.2) is 0 Å². The lowest BCUT2D eigenvalue weighted by molar-refractivity contribution is 0.102. The molecule has 1 amide bonds. The van der Waals surface area contributed by atoms with Gasteiger partial charge in [0.1, 0.15) is 5.82 Å². The predicted octanol–water partition coefficient (Wildman–Crippen LogP) is 3.07. The van der Waals surface area contributed by atoms with Crippen molar-refractivity contribution in [1.82, 2.24) is 15.0 Å². The summed E-state index contributed by atoms with van der Waals surface area (Å²) in [5.41, 5.74) is 3.59. The van der Waals surface area contributed by atoms with Gasteiger partial charge < -0.3 is 15.1 Å². The van der Waals surface area contributed by atoms with Crippen LogP contribution in [0.1, 0.15) is 21.5 Å². The van der Waals surface area contributed by atoms with Crippen molar-refractivity contribution in [3.8, 4) is 0 Å². The van der Waals surface area contributed by atoms with Crippen LogP contribution in [0.2, 0.25) is 0 Å². The Balaban J connectivity index is 1.37. The summed E-state index contributed by atoms with van der Waals surface area (Å²) in [5.74, 6) is 1.49. The van der Waals surface area contributed by atoms with Crippen LogP contribution in [0.15, 0.2) is 55.0 Å². The summed E-state index contributed by atoms with van der Waals surface area (Å²) >= 11 is 0. The molecule has 29 heavy (non-hydrogen) atoms. The lowest BCUT2D eigenvalue weighted by Crippen LogP contribution is -2.47. The summed E-state index contributed by atoms with van der Waals surface area (Å²) in [6.07, 6.45) is 5.16. The summed E-state index contributed by atoms with van der Waals surface area (Å²) in [7, 11) is 0. The molecule has 1 aromatic carbocycles. The molecule has 7 heteroatoms. The molecular formula is C22H24N6O. The Labute approximate surface area is 170 Å².